The van der Waals surface area contributed by atoms with E-state index in [9.17, 15) is 9.18 Å². The Balaban J connectivity index is 0.00000512. The summed E-state index contributed by atoms with van der Waals surface area (Å²) >= 11 is 0. The van der Waals surface area contributed by atoms with Crippen molar-refractivity contribution in [3.63, 3.8) is 0 Å². The summed E-state index contributed by atoms with van der Waals surface area (Å²) in [7, 11) is 3.38. The number of hydrogen-bond acceptors (Lipinski definition) is 4. The van der Waals surface area contributed by atoms with Crippen LogP contribution in [0.5, 0.6) is 11.5 Å². The summed E-state index contributed by atoms with van der Waals surface area (Å²) in [5.41, 5.74) is 0.955. The number of likely N-dealkylation sites (N-methyl/N-ethyl adjacent to an activating group) is 1. The van der Waals surface area contributed by atoms with Crippen molar-refractivity contribution < 1.29 is 18.7 Å². The molecule has 0 heterocycles. The second-order valence-electron chi connectivity index (χ2n) is 7.19. The van der Waals surface area contributed by atoms with E-state index in [1.165, 1.54) is 17.0 Å². The third kappa shape index (κ3) is 10.2. The van der Waals surface area contributed by atoms with Crippen LogP contribution in [0.2, 0.25) is 0 Å². The van der Waals surface area contributed by atoms with E-state index in [2.05, 4.69) is 15.6 Å². The Morgan fingerprint density at radius 2 is 1.84 bits per heavy atom. The summed E-state index contributed by atoms with van der Waals surface area (Å²) in [5.74, 6) is 1.33. The fourth-order valence-corrected chi connectivity index (χ4v) is 2.57. The standard InChI is InChI=1S/C23H31FN4O3.HI/c1-5-25-23(26-14-17(2)31-21-11-7-9-19(24)13-21)27-15-18-8-6-10-20(12-18)30-16-22(29)28(3)4;/h6-13,17H,5,14-16H2,1-4H3,(H2,25,26,27);1H. The van der Waals surface area contributed by atoms with Crippen molar-refractivity contribution in [3.05, 3.63) is 59.9 Å². The van der Waals surface area contributed by atoms with Gasteiger partial charge in [-0.15, -0.1) is 24.0 Å². The summed E-state index contributed by atoms with van der Waals surface area (Å²) in [6.45, 7) is 5.52. The molecule has 1 amide bonds. The zero-order valence-corrected chi connectivity index (χ0v) is 21.3. The van der Waals surface area contributed by atoms with E-state index >= 15 is 0 Å². The summed E-state index contributed by atoms with van der Waals surface area (Å²) in [4.78, 5) is 17.8. The minimum atomic E-state index is -0.329. The van der Waals surface area contributed by atoms with Gasteiger partial charge in [-0.05, 0) is 43.7 Å². The number of guanidine groups is 1. The Morgan fingerprint density at radius 3 is 2.53 bits per heavy atom. The molecule has 0 aromatic heterocycles. The molecule has 0 saturated carbocycles. The van der Waals surface area contributed by atoms with Crippen LogP contribution in [-0.4, -0.2) is 56.7 Å². The molecule has 2 aromatic rings. The van der Waals surface area contributed by atoms with Crippen molar-refractivity contribution in [3.8, 4) is 11.5 Å². The Kier molecular flexibility index (Phi) is 12.4. The molecule has 0 spiro atoms. The number of aliphatic imine (C=N–C) groups is 1. The first-order valence-electron chi connectivity index (χ1n) is 10.2. The third-order valence-electron chi connectivity index (χ3n) is 4.21. The minimum absolute atomic E-state index is 0. The lowest BCUT2D eigenvalue weighted by Crippen LogP contribution is -2.41. The highest BCUT2D eigenvalue weighted by molar-refractivity contribution is 14.0. The molecule has 9 heteroatoms. The van der Waals surface area contributed by atoms with Crippen LogP contribution >= 0.6 is 24.0 Å². The first kappa shape index (κ1) is 27.5. The number of benzene rings is 2. The van der Waals surface area contributed by atoms with Gasteiger partial charge in [-0.3, -0.25) is 4.79 Å². The number of ether oxygens (including phenoxy) is 2. The van der Waals surface area contributed by atoms with Gasteiger partial charge in [-0.1, -0.05) is 18.2 Å². The molecule has 0 radical (unpaired) electrons. The van der Waals surface area contributed by atoms with Gasteiger partial charge in [-0.25, -0.2) is 9.38 Å². The van der Waals surface area contributed by atoms with E-state index in [1.54, 1.807) is 26.2 Å². The molecule has 176 valence electrons. The largest absolute Gasteiger partial charge is 0.489 e. The molecule has 32 heavy (non-hydrogen) atoms. The normalized spacial score (nSPS) is 11.7. The van der Waals surface area contributed by atoms with Crippen molar-refractivity contribution in [2.45, 2.75) is 26.5 Å². The molecule has 7 nitrogen and oxygen atoms in total. The van der Waals surface area contributed by atoms with Crippen molar-refractivity contribution >= 4 is 35.8 Å². The van der Waals surface area contributed by atoms with E-state index in [1.807, 2.05) is 38.1 Å². The average Bonchev–Trinajstić information content (AvgIpc) is 2.74. The minimum Gasteiger partial charge on any atom is -0.489 e. The molecule has 0 saturated heterocycles. The summed E-state index contributed by atoms with van der Waals surface area (Å²) in [5, 5.41) is 6.42. The van der Waals surface area contributed by atoms with Gasteiger partial charge in [0.2, 0.25) is 0 Å². The number of carbonyl (C=O) groups excluding carboxylic acids is 1. The molecular weight excluding hydrogens is 526 g/mol. The van der Waals surface area contributed by atoms with E-state index in [4.69, 9.17) is 9.47 Å². The second kappa shape index (κ2) is 14.5. The van der Waals surface area contributed by atoms with Crippen molar-refractivity contribution in [2.24, 2.45) is 4.99 Å². The maximum atomic E-state index is 13.3. The second-order valence-corrected chi connectivity index (χ2v) is 7.19. The first-order chi connectivity index (χ1) is 14.9. The third-order valence-corrected chi connectivity index (χ3v) is 4.21. The topological polar surface area (TPSA) is 75.2 Å². The van der Waals surface area contributed by atoms with Crippen LogP contribution in [0.25, 0.3) is 0 Å². The molecule has 0 aliphatic rings. The smallest absolute Gasteiger partial charge is 0.259 e. The maximum absolute atomic E-state index is 13.3. The van der Waals surface area contributed by atoms with Crippen LogP contribution in [0.4, 0.5) is 4.39 Å². The predicted octanol–water partition coefficient (Wildman–Crippen LogP) is 3.43. The lowest BCUT2D eigenvalue weighted by molar-refractivity contribution is -0.130. The fourth-order valence-electron chi connectivity index (χ4n) is 2.57. The van der Waals surface area contributed by atoms with Gasteiger partial charge < -0.3 is 25.0 Å². The van der Waals surface area contributed by atoms with Crippen molar-refractivity contribution in [1.29, 1.82) is 0 Å². The monoisotopic (exact) mass is 558 g/mol. The van der Waals surface area contributed by atoms with Crippen LogP contribution in [-0.2, 0) is 11.3 Å². The lowest BCUT2D eigenvalue weighted by atomic mass is 10.2. The van der Waals surface area contributed by atoms with Gasteiger partial charge in [0, 0.05) is 26.7 Å². The lowest BCUT2D eigenvalue weighted by Gasteiger charge is -2.17. The predicted molar refractivity (Wildman–Crippen MR) is 135 cm³/mol. The van der Waals surface area contributed by atoms with Gasteiger partial charge in [0.05, 0.1) is 13.1 Å². The number of rotatable bonds is 10. The fraction of sp³-hybridized carbons (Fsp3) is 0.391. The number of nitrogens with zero attached hydrogens (tertiary/aromatic N) is 2. The Morgan fingerprint density at radius 1 is 1.12 bits per heavy atom. The van der Waals surface area contributed by atoms with Gasteiger partial charge in [0.15, 0.2) is 12.6 Å². The molecular formula is C23H32FIN4O3. The highest BCUT2D eigenvalue weighted by Crippen LogP contribution is 2.15. The quantitative estimate of drug-likeness (QED) is 0.266. The molecule has 0 aliphatic heterocycles. The molecule has 0 bridgehead atoms. The van der Waals surface area contributed by atoms with Gasteiger partial charge in [-0.2, -0.15) is 0 Å². The molecule has 2 aromatic carbocycles. The van der Waals surface area contributed by atoms with E-state index in [0.29, 0.717) is 37.1 Å². The van der Waals surface area contributed by atoms with E-state index in [0.717, 1.165) is 5.56 Å². The van der Waals surface area contributed by atoms with Crippen LogP contribution < -0.4 is 20.1 Å². The average molecular weight is 558 g/mol. The molecule has 2 N–H and O–H groups in total. The SMILES string of the molecule is CCNC(=NCc1cccc(OCC(=O)N(C)C)c1)NCC(C)Oc1cccc(F)c1.I. The molecule has 0 fully saturated rings. The zero-order chi connectivity index (χ0) is 22.6. The van der Waals surface area contributed by atoms with Gasteiger partial charge in [0.25, 0.3) is 5.91 Å². The number of amides is 1. The summed E-state index contributed by atoms with van der Waals surface area (Å²) < 4.78 is 24.6. The van der Waals surface area contributed by atoms with Crippen molar-refractivity contribution in [2.75, 3.05) is 33.8 Å². The maximum Gasteiger partial charge on any atom is 0.259 e. The highest BCUT2D eigenvalue weighted by Gasteiger charge is 2.08. The molecule has 2 rings (SSSR count). The Hall–Kier alpha value is -2.56. The number of hydrogen-bond donors (Lipinski definition) is 2. The zero-order valence-electron chi connectivity index (χ0n) is 18.9. The summed E-state index contributed by atoms with van der Waals surface area (Å²) in [6, 6.07) is 13.6. The molecule has 1 atom stereocenters. The number of halogens is 2. The Labute approximate surface area is 206 Å². The number of carbonyl (C=O) groups is 1. The van der Waals surface area contributed by atoms with Crippen molar-refractivity contribution in [1.82, 2.24) is 15.5 Å². The van der Waals surface area contributed by atoms with Gasteiger partial charge in [0.1, 0.15) is 23.4 Å². The van der Waals surface area contributed by atoms with Gasteiger partial charge >= 0.3 is 0 Å². The van der Waals surface area contributed by atoms with Crippen LogP contribution in [0, 0.1) is 5.82 Å². The summed E-state index contributed by atoms with van der Waals surface area (Å²) in [6.07, 6.45) is -0.184. The van der Waals surface area contributed by atoms with Crippen LogP contribution in [0.3, 0.4) is 0 Å². The number of nitrogens with one attached hydrogen (secondary N) is 2. The first-order valence-corrected chi connectivity index (χ1v) is 10.2. The van der Waals surface area contributed by atoms with E-state index in [-0.39, 0.29) is 48.4 Å². The van der Waals surface area contributed by atoms with Crippen LogP contribution in [0.1, 0.15) is 19.4 Å². The van der Waals surface area contributed by atoms with E-state index < -0.39 is 0 Å². The highest BCUT2D eigenvalue weighted by atomic mass is 127. The Bertz CT molecular complexity index is 880. The molecule has 0 aliphatic carbocycles. The van der Waals surface area contributed by atoms with Crippen LogP contribution in [0.15, 0.2) is 53.5 Å². The molecule has 1 unspecified atom stereocenters.